The van der Waals surface area contributed by atoms with Gasteiger partial charge < -0.3 is 20.9 Å². The van der Waals surface area contributed by atoms with Crippen molar-refractivity contribution < 1.29 is 9.47 Å². The molecule has 7 heteroatoms. The third-order valence-electron chi connectivity index (χ3n) is 4.66. The van der Waals surface area contributed by atoms with E-state index in [9.17, 15) is 0 Å². The summed E-state index contributed by atoms with van der Waals surface area (Å²) in [4.78, 5) is 9.34. The Morgan fingerprint density at radius 2 is 2.07 bits per heavy atom. The number of aromatic nitrogens is 2. The van der Waals surface area contributed by atoms with Gasteiger partial charge in [0, 0.05) is 34.2 Å². The highest BCUT2D eigenvalue weighted by atomic mass is 32.1. The highest BCUT2D eigenvalue weighted by Crippen LogP contribution is 2.46. The van der Waals surface area contributed by atoms with Gasteiger partial charge in [0.2, 0.25) is 5.95 Å². The average molecular weight is 409 g/mol. The molecule has 0 aliphatic carbocycles. The van der Waals surface area contributed by atoms with Gasteiger partial charge in [-0.15, -0.1) is 11.3 Å². The summed E-state index contributed by atoms with van der Waals surface area (Å²) in [5.74, 6) is 2.06. The zero-order chi connectivity index (χ0) is 20.6. The zero-order valence-corrected chi connectivity index (χ0v) is 17.5. The Morgan fingerprint density at radius 3 is 2.76 bits per heavy atom. The lowest BCUT2D eigenvalue weighted by molar-refractivity contribution is 0.149. The molecule has 0 saturated carbocycles. The fraction of sp³-hybridized carbons (Fsp3) is 0.273. The van der Waals surface area contributed by atoms with Gasteiger partial charge in [0.1, 0.15) is 11.4 Å². The smallest absolute Gasteiger partial charge is 0.221 e. The minimum Gasteiger partial charge on any atom is -0.490 e. The fourth-order valence-electron chi connectivity index (χ4n) is 3.47. The number of rotatable bonds is 5. The van der Waals surface area contributed by atoms with Crippen LogP contribution in [0.5, 0.6) is 11.5 Å². The summed E-state index contributed by atoms with van der Waals surface area (Å²) in [6.45, 7) is 6.62. The number of anilines is 2. The largest absolute Gasteiger partial charge is 0.490 e. The average Bonchev–Trinajstić information content (AvgIpc) is 3.18. The molecule has 1 aromatic carbocycles. The van der Waals surface area contributed by atoms with Crippen molar-refractivity contribution in [3.63, 3.8) is 0 Å². The van der Waals surface area contributed by atoms with E-state index >= 15 is 0 Å². The monoisotopic (exact) mass is 408 g/mol. The Kier molecular flexibility index (Phi) is 4.92. The maximum atomic E-state index is 6.31. The van der Waals surface area contributed by atoms with Crippen molar-refractivity contribution in [2.75, 3.05) is 18.1 Å². The maximum absolute atomic E-state index is 6.31. The molecule has 4 N–H and O–H groups in total. The molecule has 0 saturated heterocycles. The van der Waals surface area contributed by atoms with Crippen molar-refractivity contribution in [1.29, 1.82) is 0 Å². The van der Waals surface area contributed by atoms with Crippen LogP contribution >= 0.6 is 11.3 Å². The highest BCUT2D eigenvalue weighted by molar-refractivity contribution is 7.11. The number of hydrogen-bond donors (Lipinski definition) is 2. The Hall–Kier alpha value is -3.06. The van der Waals surface area contributed by atoms with Crippen LogP contribution < -0.4 is 20.9 Å². The molecule has 1 aliphatic rings. The standard InChI is InChI=1S/C22H24N4O2S/c1-4-27-17-10-13(8-14-12-25-21(24)26-20(14)23)9-15-16(18-6-5-7-29-18)11-22(2,3)28-19(15)17/h5-7,9-12H,4,8H2,1-3H3,(H4,23,24,25,26). The van der Waals surface area contributed by atoms with Crippen molar-refractivity contribution in [1.82, 2.24) is 9.97 Å². The number of nitrogens with zero attached hydrogens (tertiary/aromatic N) is 2. The quantitative estimate of drug-likeness (QED) is 0.654. The first-order valence-corrected chi connectivity index (χ1v) is 10.4. The summed E-state index contributed by atoms with van der Waals surface area (Å²) in [5, 5.41) is 2.08. The second-order valence-corrected chi connectivity index (χ2v) is 8.41. The summed E-state index contributed by atoms with van der Waals surface area (Å²) in [6, 6.07) is 8.32. The van der Waals surface area contributed by atoms with E-state index in [1.54, 1.807) is 17.5 Å². The zero-order valence-electron chi connectivity index (χ0n) is 16.7. The number of hydrogen-bond acceptors (Lipinski definition) is 7. The first-order chi connectivity index (χ1) is 13.9. The molecule has 150 valence electrons. The van der Waals surface area contributed by atoms with E-state index in [1.165, 1.54) is 4.88 Å². The number of fused-ring (bicyclic) bond motifs is 1. The number of nitrogens with two attached hydrogens (primary N) is 2. The van der Waals surface area contributed by atoms with Gasteiger partial charge in [-0.2, -0.15) is 4.98 Å². The molecule has 0 unspecified atom stereocenters. The van der Waals surface area contributed by atoms with Crippen LogP contribution in [0.25, 0.3) is 5.57 Å². The normalized spacial score (nSPS) is 14.7. The molecule has 0 radical (unpaired) electrons. The Morgan fingerprint density at radius 1 is 1.24 bits per heavy atom. The van der Waals surface area contributed by atoms with Crippen LogP contribution in [-0.2, 0) is 6.42 Å². The third-order valence-corrected chi connectivity index (χ3v) is 5.56. The van der Waals surface area contributed by atoms with Gasteiger partial charge in [0.15, 0.2) is 11.5 Å². The minimum absolute atomic E-state index is 0.172. The molecule has 0 bridgehead atoms. The van der Waals surface area contributed by atoms with Crippen LogP contribution in [0.2, 0.25) is 0 Å². The second kappa shape index (κ2) is 7.40. The SMILES string of the molecule is CCOc1cc(Cc2cnc(N)nc2N)cc2c1OC(C)(C)C=C2c1cccs1. The highest BCUT2D eigenvalue weighted by Gasteiger charge is 2.31. The molecule has 0 spiro atoms. The van der Waals surface area contributed by atoms with Crippen LogP contribution in [0.3, 0.4) is 0 Å². The molecule has 0 amide bonds. The van der Waals surface area contributed by atoms with E-state index in [2.05, 4.69) is 53.5 Å². The molecule has 4 rings (SSSR count). The summed E-state index contributed by atoms with van der Waals surface area (Å²) >= 11 is 1.71. The van der Waals surface area contributed by atoms with Gasteiger partial charge >= 0.3 is 0 Å². The first kappa shape index (κ1) is 19.3. The van der Waals surface area contributed by atoms with Crippen LogP contribution in [-0.4, -0.2) is 22.2 Å². The van der Waals surface area contributed by atoms with Gasteiger partial charge in [-0.3, -0.25) is 0 Å². The van der Waals surface area contributed by atoms with Crippen molar-refractivity contribution in [3.8, 4) is 11.5 Å². The molecular formula is C22H24N4O2S. The summed E-state index contributed by atoms with van der Waals surface area (Å²) in [5.41, 5.74) is 15.3. The number of thiophene rings is 1. The van der Waals surface area contributed by atoms with Gasteiger partial charge in [-0.05, 0) is 56.0 Å². The summed E-state index contributed by atoms with van der Waals surface area (Å²) < 4.78 is 12.3. The van der Waals surface area contributed by atoms with Gasteiger partial charge in [0.25, 0.3) is 0 Å². The van der Waals surface area contributed by atoms with E-state index in [-0.39, 0.29) is 5.95 Å². The maximum Gasteiger partial charge on any atom is 0.221 e. The molecule has 2 aromatic heterocycles. The van der Waals surface area contributed by atoms with Crippen LogP contribution in [0.4, 0.5) is 11.8 Å². The number of benzene rings is 1. The van der Waals surface area contributed by atoms with Crippen molar-refractivity contribution in [3.05, 3.63) is 63.5 Å². The third kappa shape index (κ3) is 3.91. The topological polar surface area (TPSA) is 96.3 Å². The molecule has 1 aliphatic heterocycles. The van der Waals surface area contributed by atoms with Crippen molar-refractivity contribution >= 4 is 28.7 Å². The van der Waals surface area contributed by atoms with E-state index in [1.807, 2.05) is 13.0 Å². The van der Waals surface area contributed by atoms with E-state index in [0.29, 0.717) is 18.8 Å². The lowest BCUT2D eigenvalue weighted by Gasteiger charge is -2.32. The van der Waals surface area contributed by atoms with Crippen molar-refractivity contribution in [2.24, 2.45) is 0 Å². The summed E-state index contributed by atoms with van der Waals surface area (Å²) in [7, 11) is 0. The van der Waals surface area contributed by atoms with Gasteiger partial charge in [0.05, 0.1) is 6.61 Å². The van der Waals surface area contributed by atoms with E-state index in [0.717, 1.165) is 33.8 Å². The molecular weight excluding hydrogens is 384 g/mol. The number of ether oxygens (including phenoxy) is 2. The van der Waals surface area contributed by atoms with Crippen LogP contribution in [0.15, 0.2) is 41.9 Å². The predicted molar refractivity (Wildman–Crippen MR) is 117 cm³/mol. The summed E-state index contributed by atoms with van der Waals surface area (Å²) in [6.07, 6.45) is 4.41. The lowest BCUT2D eigenvalue weighted by Crippen LogP contribution is -2.29. The molecule has 3 aromatic rings. The Bertz CT molecular complexity index is 1070. The predicted octanol–water partition coefficient (Wildman–Crippen LogP) is 4.29. The number of nitrogen functional groups attached to an aromatic ring is 2. The lowest BCUT2D eigenvalue weighted by atomic mass is 9.91. The van der Waals surface area contributed by atoms with E-state index < -0.39 is 5.60 Å². The van der Waals surface area contributed by atoms with Gasteiger partial charge in [-0.1, -0.05) is 6.07 Å². The molecule has 29 heavy (non-hydrogen) atoms. The van der Waals surface area contributed by atoms with Crippen LogP contribution in [0, 0.1) is 0 Å². The fourth-order valence-corrected chi connectivity index (χ4v) is 4.23. The molecule has 0 fully saturated rings. The Labute approximate surface area is 174 Å². The molecule has 6 nitrogen and oxygen atoms in total. The minimum atomic E-state index is -0.436. The molecule has 3 heterocycles. The van der Waals surface area contributed by atoms with Crippen LogP contribution in [0.1, 0.15) is 42.3 Å². The Balaban J connectivity index is 1.84. The molecule has 0 atom stereocenters. The van der Waals surface area contributed by atoms with Gasteiger partial charge in [-0.25, -0.2) is 4.98 Å². The first-order valence-electron chi connectivity index (χ1n) is 9.49. The van der Waals surface area contributed by atoms with Crippen molar-refractivity contribution in [2.45, 2.75) is 32.8 Å². The second-order valence-electron chi connectivity index (χ2n) is 7.46. The van der Waals surface area contributed by atoms with E-state index in [4.69, 9.17) is 20.9 Å².